The van der Waals surface area contributed by atoms with Gasteiger partial charge >= 0.3 is 11.7 Å². The molecule has 1 aromatic rings. The van der Waals surface area contributed by atoms with E-state index in [0.29, 0.717) is 44.5 Å². The van der Waals surface area contributed by atoms with Crippen molar-refractivity contribution in [1.29, 1.82) is 0 Å². The van der Waals surface area contributed by atoms with Crippen LogP contribution in [0.4, 0.5) is 8.78 Å². The predicted octanol–water partition coefficient (Wildman–Crippen LogP) is 1.83. The second-order valence-corrected chi connectivity index (χ2v) is 6.30. The van der Waals surface area contributed by atoms with Crippen molar-refractivity contribution < 1.29 is 18.7 Å². The van der Waals surface area contributed by atoms with Crippen molar-refractivity contribution in [2.75, 3.05) is 0 Å². The fraction of sp³-hybridized carbons (Fsp3) is 0.786. The summed E-state index contributed by atoms with van der Waals surface area (Å²) in [5, 5.41) is 13.4. The first-order valence-electron chi connectivity index (χ1n) is 7.66. The van der Waals surface area contributed by atoms with Gasteiger partial charge in [0.2, 0.25) is 5.92 Å². The SMILES string of the molecule is O=C(O)[C@@H]1CCCc2nn(CC3CCC(F)(F)CC3)c(=O)n21. The molecule has 1 atom stereocenters. The summed E-state index contributed by atoms with van der Waals surface area (Å²) in [4.78, 5) is 23.6. The molecule has 8 heteroatoms. The highest BCUT2D eigenvalue weighted by molar-refractivity contribution is 5.72. The minimum atomic E-state index is -2.59. The van der Waals surface area contributed by atoms with Gasteiger partial charge in [0.25, 0.3) is 0 Å². The molecule has 1 aliphatic carbocycles. The molecule has 0 amide bonds. The Labute approximate surface area is 125 Å². The summed E-state index contributed by atoms with van der Waals surface area (Å²) in [7, 11) is 0. The number of hydrogen-bond donors (Lipinski definition) is 1. The summed E-state index contributed by atoms with van der Waals surface area (Å²) in [5.74, 6) is -3.13. The number of aromatic nitrogens is 3. The summed E-state index contributed by atoms with van der Waals surface area (Å²) >= 11 is 0. The van der Waals surface area contributed by atoms with Gasteiger partial charge in [-0.3, -0.25) is 4.57 Å². The first-order valence-corrected chi connectivity index (χ1v) is 7.66. The van der Waals surface area contributed by atoms with Gasteiger partial charge in [-0.25, -0.2) is 23.1 Å². The minimum absolute atomic E-state index is 0.00226. The van der Waals surface area contributed by atoms with E-state index in [4.69, 9.17) is 0 Å². The molecule has 3 rings (SSSR count). The van der Waals surface area contributed by atoms with Crippen LogP contribution >= 0.6 is 0 Å². The molecule has 0 spiro atoms. The molecule has 1 fully saturated rings. The Bertz CT molecular complexity index is 628. The zero-order valence-corrected chi connectivity index (χ0v) is 12.2. The lowest BCUT2D eigenvalue weighted by molar-refractivity contribution is -0.141. The lowest BCUT2D eigenvalue weighted by Crippen LogP contribution is -2.36. The molecule has 0 saturated heterocycles. The maximum atomic E-state index is 13.2. The normalized spacial score (nSPS) is 24.9. The highest BCUT2D eigenvalue weighted by Crippen LogP contribution is 2.36. The molecule has 1 saturated carbocycles. The van der Waals surface area contributed by atoms with E-state index >= 15 is 0 Å². The first-order chi connectivity index (χ1) is 10.4. The summed E-state index contributed by atoms with van der Waals surface area (Å²) in [6.45, 7) is 0.293. The summed E-state index contributed by atoms with van der Waals surface area (Å²) < 4.78 is 28.9. The number of nitrogens with zero attached hydrogens (tertiary/aromatic N) is 3. The fourth-order valence-electron chi connectivity index (χ4n) is 3.41. The molecular weight excluding hydrogens is 296 g/mol. The maximum absolute atomic E-state index is 13.2. The van der Waals surface area contributed by atoms with Crippen LogP contribution < -0.4 is 5.69 Å². The van der Waals surface area contributed by atoms with Crippen molar-refractivity contribution in [3.8, 4) is 0 Å². The van der Waals surface area contributed by atoms with Crippen LogP contribution in [0.15, 0.2) is 4.79 Å². The van der Waals surface area contributed by atoms with Gasteiger partial charge < -0.3 is 5.11 Å². The smallest absolute Gasteiger partial charge is 0.346 e. The van der Waals surface area contributed by atoms with E-state index in [2.05, 4.69) is 5.10 Å². The summed E-state index contributed by atoms with van der Waals surface area (Å²) in [6, 6.07) is -0.860. The predicted molar refractivity (Wildman–Crippen MR) is 73.0 cm³/mol. The van der Waals surface area contributed by atoms with Crippen LogP contribution in [0.3, 0.4) is 0 Å². The Morgan fingerprint density at radius 2 is 2.00 bits per heavy atom. The molecule has 0 bridgehead atoms. The molecule has 2 heterocycles. The topological polar surface area (TPSA) is 77.1 Å². The van der Waals surface area contributed by atoms with Gasteiger partial charge in [0.05, 0.1) is 0 Å². The third-order valence-electron chi connectivity index (χ3n) is 4.68. The van der Waals surface area contributed by atoms with Crippen LogP contribution in [0.1, 0.15) is 50.4 Å². The number of carbonyl (C=O) groups is 1. The van der Waals surface area contributed by atoms with E-state index in [1.165, 1.54) is 9.25 Å². The van der Waals surface area contributed by atoms with Crippen LogP contribution in [-0.2, 0) is 17.8 Å². The lowest BCUT2D eigenvalue weighted by Gasteiger charge is -2.27. The quantitative estimate of drug-likeness (QED) is 0.923. The van der Waals surface area contributed by atoms with E-state index in [-0.39, 0.29) is 18.8 Å². The third kappa shape index (κ3) is 2.78. The highest BCUT2D eigenvalue weighted by atomic mass is 19.3. The van der Waals surface area contributed by atoms with Crippen LogP contribution in [0.2, 0.25) is 0 Å². The van der Waals surface area contributed by atoms with Crippen molar-refractivity contribution in [3.05, 3.63) is 16.3 Å². The van der Waals surface area contributed by atoms with E-state index in [9.17, 15) is 23.5 Å². The van der Waals surface area contributed by atoms with Gasteiger partial charge in [-0.2, -0.15) is 5.10 Å². The van der Waals surface area contributed by atoms with Crippen molar-refractivity contribution in [2.24, 2.45) is 5.92 Å². The second-order valence-electron chi connectivity index (χ2n) is 6.30. The van der Waals surface area contributed by atoms with Gasteiger partial charge in [0.15, 0.2) is 0 Å². The Morgan fingerprint density at radius 1 is 1.32 bits per heavy atom. The van der Waals surface area contributed by atoms with Gasteiger partial charge in [-0.05, 0) is 31.6 Å². The van der Waals surface area contributed by atoms with Gasteiger partial charge in [0, 0.05) is 25.8 Å². The van der Waals surface area contributed by atoms with Gasteiger partial charge in [-0.15, -0.1) is 0 Å². The van der Waals surface area contributed by atoms with Crippen molar-refractivity contribution in [1.82, 2.24) is 14.3 Å². The van der Waals surface area contributed by atoms with E-state index in [0.717, 1.165) is 0 Å². The number of alkyl halides is 2. The zero-order chi connectivity index (χ0) is 15.9. The van der Waals surface area contributed by atoms with Crippen molar-refractivity contribution >= 4 is 5.97 Å². The molecule has 1 N–H and O–H groups in total. The Hall–Kier alpha value is -1.73. The number of carboxylic acids is 1. The Kier molecular flexibility index (Phi) is 3.78. The summed E-state index contributed by atoms with van der Waals surface area (Å²) in [5.41, 5.74) is -0.431. The third-order valence-corrected chi connectivity index (χ3v) is 4.68. The van der Waals surface area contributed by atoms with Crippen LogP contribution in [0.25, 0.3) is 0 Å². The number of fused-ring (bicyclic) bond motifs is 1. The molecule has 0 unspecified atom stereocenters. The Balaban J connectivity index is 1.79. The first kappa shape index (κ1) is 15.2. The summed E-state index contributed by atoms with van der Waals surface area (Å²) in [6.07, 6.45) is 2.10. The zero-order valence-electron chi connectivity index (χ0n) is 12.2. The maximum Gasteiger partial charge on any atom is 0.346 e. The molecule has 22 heavy (non-hydrogen) atoms. The van der Waals surface area contributed by atoms with Gasteiger partial charge in [0.1, 0.15) is 11.9 Å². The minimum Gasteiger partial charge on any atom is -0.480 e. The Morgan fingerprint density at radius 3 is 2.64 bits per heavy atom. The molecule has 1 aliphatic heterocycles. The van der Waals surface area contributed by atoms with Gasteiger partial charge in [-0.1, -0.05) is 0 Å². The van der Waals surface area contributed by atoms with Crippen LogP contribution in [0.5, 0.6) is 0 Å². The largest absolute Gasteiger partial charge is 0.480 e. The van der Waals surface area contributed by atoms with Crippen molar-refractivity contribution in [2.45, 2.75) is 63.5 Å². The monoisotopic (exact) mass is 315 g/mol. The van der Waals surface area contributed by atoms with Crippen LogP contribution in [-0.4, -0.2) is 31.3 Å². The van der Waals surface area contributed by atoms with E-state index in [1.54, 1.807) is 0 Å². The van der Waals surface area contributed by atoms with Crippen molar-refractivity contribution in [3.63, 3.8) is 0 Å². The van der Waals surface area contributed by atoms with E-state index < -0.39 is 23.6 Å². The number of aliphatic carboxylic acids is 1. The number of carboxylic acid groups (broad SMARTS) is 1. The lowest BCUT2D eigenvalue weighted by atomic mass is 9.87. The molecule has 0 aromatic carbocycles. The number of aryl methyl sites for hydroxylation is 1. The number of rotatable bonds is 3. The average molecular weight is 315 g/mol. The molecule has 6 nitrogen and oxygen atoms in total. The molecule has 0 radical (unpaired) electrons. The molecular formula is C14H19F2N3O3. The standard InChI is InChI=1S/C14H19F2N3O3/c15-14(16)6-4-9(5-7-14)8-18-13(22)19-10(12(20)21)2-1-3-11(19)17-18/h9-10H,1-8H2,(H,20,21)/t10-/m0/s1. The molecule has 1 aromatic heterocycles. The molecule has 2 aliphatic rings. The van der Waals surface area contributed by atoms with Crippen LogP contribution in [0, 0.1) is 5.92 Å². The second kappa shape index (κ2) is 5.48. The van der Waals surface area contributed by atoms with E-state index in [1.807, 2.05) is 0 Å². The number of halogens is 2. The highest BCUT2D eigenvalue weighted by Gasteiger charge is 2.36. The molecule has 122 valence electrons. The fourth-order valence-corrected chi connectivity index (χ4v) is 3.41. The average Bonchev–Trinajstić information content (AvgIpc) is 2.78. The number of hydrogen-bond acceptors (Lipinski definition) is 3.